The first-order valence-electron chi connectivity index (χ1n) is 6.99. The van der Waals surface area contributed by atoms with Crippen LogP contribution in [0.4, 0.5) is 17.6 Å². The van der Waals surface area contributed by atoms with Crippen LogP contribution in [0.25, 0.3) is 0 Å². The Balaban J connectivity index is 1.88. The van der Waals surface area contributed by atoms with Gasteiger partial charge in [0.05, 0.1) is 18.8 Å². The molecule has 2 aromatic rings. The summed E-state index contributed by atoms with van der Waals surface area (Å²) < 4.78 is 56.6. The number of halogens is 4. The van der Waals surface area contributed by atoms with Crippen LogP contribution in [0.15, 0.2) is 54.6 Å². The van der Waals surface area contributed by atoms with Crippen LogP contribution in [0, 0.1) is 0 Å². The van der Waals surface area contributed by atoms with Gasteiger partial charge in [-0.3, -0.25) is 0 Å². The summed E-state index contributed by atoms with van der Waals surface area (Å²) in [5.74, 6) is 0. The molecular formula is C17H16F4O2. The molecule has 0 aliphatic carbocycles. The van der Waals surface area contributed by atoms with Crippen molar-refractivity contribution in [3.05, 3.63) is 71.3 Å². The first-order chi connectivity index (χ1) is 10.9. The molecule has 0 fully saturated rings. The number of ether oxygens (including phenoxy) is 1. The molecule has 0 bridgehead atoms. The molecule has 0 unspecified atom stereocenters. The van der Waals surface area contributed by atoms with Gasteiger partial charge in [-0.2, -0.15) is 13.2 Å². The highest BCUT2D eigenvalue weighted by Crippen LogP contribution is 2.31. The van der Waals surface area contributed by atoms with E-state index in [0.717, 1.165) is 29.8 Å². The number of hydrogen-bond acceptors (Lipinski definition) is 2. The minimum absolute atomic E-state index is 0.0196. The van der Waals surface area contributed by atoms with Crippen LogP contribution in [-0.2, 0) is 17.5 Å². The second-order valence-corrected chi connectivity index (χ2v) is 5.09. The zero-order valence-corrected chi connectivity index (χ0v) is 12.1. The molecule has 6 heteroatoms. The van der Waals surface area contributed by atoms with Gasteiger partial charge in [0.1, 0.15) is 6.10 Å². The first-order valence-corrected chi connectivity index (χ1v) is 6.99. The molecule has 0 radical (unpaired) electrons. The zero-order chi connectivity index (χ0) is 16.9. The molecule has 2 rings (SSSR count). The number of rotatable bonds is 6. The maximum absolute atomic E-state index is 14.1. The summed E-state index contributed by atoms with van der Waals surface area (Å²) in [5.41, 5.74) is 0.00159. The fraction of sp³-hybridized carbons (Fsp3) is 0.294. The monoisotopic (exact) mass is 328 g/mol. The molecule has 124 valence electrons. The third-order valence-corrected chi connectivity index (χ3v) is 3.29. The average molecular weight is 328 g/mol. The van der Waals surface area contributed by atoms with E-state index in [2.05, 4.69) is 0 Å². The first kappa shape index (κ1) is 17.4. The van der Waals surface area contributed by atoms with Gasteiger partial charge in [-0.1, -0.05) is 42.5 Å². The molecule has 2 nitrogen and oxygen atoms in total. The maximum Gasteiger partial charge on any atom is 0.416 e. The van der Waals surface area contributed by atoms with Crippen LogP contribution in [0.2, 0.25) is 0 Å². The number of alkyl halides is 4. The molecule has 1 N–H and O–H groups in total. The molecule has 0 heterocycles. The van der Waals surface area contributed by atoms with Crippen molar-refractivity contribution in [3.8, 4) is 0 Å². The molecule has 23 heavy (non-hydrogen) atoms. The smallest absolute Gasteiger partial charge is 0.387 e. The Morgan fingerprint density at radius 1 is 0.957 bits per heavy atom. The van der Waals surface area contributed by atoms with Crippen molar-refractivity contribution in [3.63, 3.8) is 0 Å². The molecule has 2 atom stereocenters. The molecule has 0 saturated carbocycles. The van der Waals surface area contributed by atoms with E-state index in [-0.39, 0.29) is 18.8 Å². The van der Waals surface area contributed by atoms with Gasteiger partial charge in [-0.25, -0.2) is 4.39 Å². The molecular weight excluding hydrogens is 312 g/mol. The second-order valence-electron chi connectivity index (χ2n) is 5.09. The minimum atomic E-state index is -4.47. The number of aliphatic hydroxyl groups excluding tert-OH is 1. The lowest BCUT2D eigenvalue weighted by Gasteiger charge is -2.17. The van der Waals surface area contributed by atoms with Crippen LogP contribution in [0.1, 0.15) is 22.9 Å². The summed E-state index contributed by atoms with van der Waals surface area (Å²) in [6.45, 7) is -0.0330. The lowest BCUT2D eigenvalue weighted by Crippen LogP contribution is -2.21. The highest BCUT2D eigenvalue weighted by Gasteiger charge is 2.30. The minimum Gasteiger partial charge on any atom is -0.387 e. The Morgan fingerprint density at radius 3 is 2.13 bits per heavy atom. The van der Waals surface area contributed by atoms with Crippen LogP contribution < -0.4 is 0 Å². The van der Waals surface area contributed by atoms with Gasteiger partial charge in [0.15, 0.2) is 6.17 Å². The van der Waals surface area contributed by atoms with Gasteiger partial charge < -0.3 is 9.84 Å². The quantitative estimate of drug-likeness (QED) is 0.802. The molecule has 0 aliphatic rings. The van der Waals surface area contributed by atoms with Crippen molar-refractivity contribution in [2.45, 2.75) is 25.1 Å². The topological polar surface area (TPSA) is 29.5 Å². The summed E-state index contributed by atoms with van der Waals surface area (Å²) in [5, 5.41) is 9.76. The third-order valence-electron chi connectivity index (χ3n) is 3.29. The highest BCUT2D eigenvalue weighted by molar-refractivity contribution is 5.26. The molecule has 0 aliphatic heterocycles. The summed E-state index contributed by atoms with van der Waals surface area (Å²) in [7, 11) is 0. The van der Waals surface area contributed by atoms with E-state index in [4.69, 9.17) is 4.74 Å². The average Bonchev–Trinajstić information content (AvgIpc) is 2.54. The third kappa shape index (κ3) is 5.04. The van der Waals surface area contributed by atoms with E-state index in [1.165, 1.54) is 0 Å². The van der Waals surface area contributed by atoms with E-state index >= 15 is 0 Å². The van der Waals surface area contributed by atoms with Gasteiger partial charge in [0.2, 0.25) is 0 Å². The van der Waals surface area contributed by atoms with Crippen molar-refractivity contribution in [1.29, 1.82) is 0 Å². The lowest BCUT2D eigenvalue weighted by atomic mass is 10.0. The van der Waals surface area contributed by atoms with E-state index in [1.807, 2.05) is 30.3 Å². The van der Waals surface area contributed by atoms with Gasteiger partial charge in [0, 0.05) is 0 Å². The number of hydrogen-bond donors (Lipinski definition) is 1. The Bertz CT molecular complexity index is 596. The van der Waals surface area contributed by atoms with Gasteiger partial charge in [-0.05, 0) is 23.3 Å². The van der Waals surface area contributed by atoms with Crippen molar-refractivity contribution >= 4 is 0 Å². The Labute approximate surface area is 131 Å². The molecule has 2 aromatic carbocycles. The lowest BCUT2D eigenvalue weighted by molar-refractivity contribution is -0.137. The summed E-state index contributed by atoms with van der Waals surface area (Å²) in [4.78, 5) is 0. The van der Waals surface area contributed by atoms with Gasteiger partial charge >= 0.3 is 6.18 Å². The van der Waals surface area contributed by atoms with Gasteiger partial charge in [0.25, 0.3) is 0 Å². The van der Waals surface area contributed by atoms with Gasteiger partial charge in [-0.15, -0.1) is 0 Å². The standard InChI is InChI=1S/C17H16F4O2/c18-16(13-6-8-14(9-7-13)17(19,20)21)15(22)11-23-10-12-4-2-1-3-5-12/h1-9,15-16,22H,10-11H2/t15-,16+/m0/s1. The van der Waals surface area contributed by atoms with E-state index < -0.39 is 24.0 Å². The Hall–Kier alpha value is -1.92. The fourth-order valence-electron chi connectivity index (χ4n) is 2.03. The molecule has 0 saturated heterocycles. The van der Waals surface area contributed by atoms with Crippen molar-refractivity contribution in [1.82, 2.24) is 0 Å². The molecule has 0 aromatic heterocycles. The molecule has 0 amide bonds. The summed E-state index contributed by atoms with van der Waals surface area (Å²) >= 11 is 0. The molecule has 0 spiro atoms. The largest absolute Gasteiger partial charge is 0.416 e. The normalized spacial score (nSPS) is 14.5. The highest BCUT2D eigenvalue weighted by atomic mass is 19.4. The van der Waals surface area contributed by atoms with Crippen LogP contribution in [-0.4, -0.2) is 17.8 Å². The van der Waals surface area contributed by atoms with E-state index in [0.29, 0.717) is 0 Å². The number of benzene rings is 2. The Morgan fingerprint density at radius 2 is 1.57 bits per heavy atom. The zero-order valence-electron chi connectivity index (χ0n) is 12.1. The summed E-state index contributed by atoms with van der Waals surface area (Å²) in [6, 6.07) is 12.8. The van der Waals surface area contributed by atoms with E-state index in [9.17, 15) is 22.7 Å². The van der Waals surface area contributed by atoms with Crippen LogP contribution in [0.3, 0.4) is 0 Å². The van der Waals surface area contributed by atoms with Crippen molar-refractivity contribution in [2.75, 3.05) is 6.61 Å². The summed E-state index contributed by atoms with van der Waals surface area (Å²) in [6.07, 6.45) is -7.73. The van der Waals surface area contributed by atoms with Crippen molar-refractivity contribution in [2.24, 2.45) is 0 Å². The maximum atomic E-state index is 14.1. The Kier molecular flexibility index (Phi) is 5.74. The fourth-order valence-corrected chi connectivity index (χ4v) is 2.03. The van der Waals surface area contributed by atoms with Crippen LogP contribution >= 0.6 is 0 Å². The van der Waals surface area contributed by atoms with Crippen molar-refractivity contribution < 1.29 is 27.4 Å². The van der Waals surface area contributed by atoms with E-state index in [1.54, 1.807) is 0 Å². The number of aliphatic hydroxyl groups is 1. The van der Waals surface area contributed by atoms with Crippen LogP contribution in [0.5, 0.6) is 0 Å². The SMILES string of the molecule is O[C@@H](COCc1ccccc1)[C@H](F)c1ccc(C(F)(F)F)cc1. The predicted octanol–water partition coefficient (Wildman–Crippen LogP) is 4.29. The second kappa shape index (κ2) is 7.57. The predicted molar refractivity (Wildman–Crippen MR) is 77.4 cm³/mol.